The first kappa shape index (κ1) is 44.8. The molecule has 1 N–H and O–H groups in total. The predicted molar refractivity (Wildman–Crippen MR) is 205 cm³/mol. The standard InChI is InChI=1S/C43H68O5/c1-3-5-7-9-10-11-12-13-14-15-16-17-18-19-20-21-22-23-24-25-26-27-28-29-30-31-32-34-36-38-43(46)48-41(39-44)40-47-42(45)37-35-33-8-6-4-2/h5,7,10-11,13-14,16-17,19-20,22-23,25-26,28-29,41,44H,3-4,6,8-9,12,15,18,21,24,27,30-40H2,1-2H3/b7-5-,11-10-,14-13-,17-16-,20-19-,23-22-,26-25-,29-28-. The molecule has 1 unspecified atom stereocenters. The number of allylic oxidation sites excluding steroid dienone is 16. The molecule has 0 aliphatic carbocycles. The summed E-state index contributed by atoms with van der Waals surface area (Å²) in [6.07, 6.45) is 53.6. The fraction of sp³-hybridized carbons (Fsp3) is 0.581. The predicted octanol–water partition coefficient (Wildman–Crippen LogP) is 11.7. The third-order valence-corrected chi connectivity index (χ3v) is 7.39. The van der Waals surface area contributed by atoms with Gasteiger partial charge in [-0.05, 0) is 77.0 Å². The van der Waals surface area contributed by atoms with Gasteiger partial charge in [0, 0.05) is 12.8 Å². The van der Waals surface area contributed by atoms with Gasteiger partial charge in [0.05, 0.1) is 6.61 Å². The molecule has 0 saturated heterocycles. The zero-order valence-electron chi connectivity index (χ0n) is 30.5. The minimum Gasteiger partial charge on any atom is -0.462 e. The minimum absolute atomic E-state index is 0.0833. The van der Waals surface area contributed by atoms with Crippen LogP contribution < -0.4 is 0 Å². The Balaban J connectivity index is 3.68. The number of esters is 2. The summed E-state index contributed by atoms with van der Waals surface area (Å²) in [6, 6.07) is 0. The van der Waals surface area contributed by atoms with E-state index in [1.807, 2.05) is 0 Å². The number of unbranched alkanes of at least 4 members (excludes halogenated alkanes) is 8. The first-order valence-electron chi connectivity index (χ1n) is 18.8. The van der Waals surface area contributed by atoms with Gasteiger partial charge in [-0.25, -0.2) is 0 Å². The molecule has 5 nitrogen and oxygen atoms in total. The van der Waals surface area contributed by atoms with Crippen LogP contribution in [0.3, 0.4) is 0 Å². The molecule has 48 heavy (non-hydrogen) atoms. The molecule has 0 bridgehead atoms. The van der Waals surface area contributed by atoms with Crippen LogP contribution in [0.4, 0.5) is 0 Å². The summed E-state index contributed by atoms with van der Waals surface area (Å²) in [4.78, 5) is 23.9. The maximum Gasteiger partial charge on any atom is 0.306 e. The van der Waals surface area contributed by atoms with E-state index in [0.29, 0.717) is 12.8 Å². The van der Waals surface area contributed by atoms with Gasteiger partial charge in [-0.3, -0.25) is 9.59 Å². The lowest BCUT2D eigenvalue weighted by Gasteiger charge is -2.15. The number of hydrogen-bond acceptors (Lipinski definition) is 5. The van der Waals surface area contributed by atoms with Crippen LogP contribution in [-0.2, 0) is 19.1 Å². The molecule has 0 aliphatic rings. The molecule has 0 amide bonds. The first-order chi connectivity index (χ1) is 23.6. The Bertz CT molecular complexity index is 979. The molecule has 0 fully saturated rings. The molecule has 0 saturated carbocycles. The van der Waals surface area contributed by atoms with Crippen molar-refractivity contribution in [1.29, 1.82) is 0 Å². The normalized spacial score (nSPS) is 13.3. The van der Waals surface area contributed by atoms with Gasteiger partial charge in [0.2, 0.25) is 0 Å². The molecule has 0 spiro atoms. The number of hydrogen-bond donors (Lipinski definition) is 1. The lowest BCUT2D eigenvalue weighted by atomic mass is 10.1. The van der Waals surface area contributed by atoms with E-state index in [-0.39, 0.29) is 25.2 Å². The molecule has 0 radical (unpaired) electrons. The van der Waals surface area contributed by atoms with Crippen LogP contribution in [-0.4, -0.2) is 36.4 Å². The lowest BCUT2D eigenvalue weighted by Crippen LogP contribution is -2.28. The van der Waals surface area contributed by atoms with Crippen molar-refractivity contribution in [1.82, 2.24) is 0 Å². The smallest absolute Gasteiger partial charge is 0.306 e. The number of ether oxygens (including phenoxy) is 2. The van der Waals surface area contributed by atoms with Crippen LogP contribution in [0.25, 0.3) is 0 Å². The van der Waals surface area contributed by atoms with Crippen molar-refractivity contribution in [3.05, 3.63) is 97.2 Å². The van der Waals surface area contributed by atoms with Crippen LogP contribution in [0.15, 0.2) is 97.2 Å². The van der Waals surface area contributed by atoms with E-state index in [4.69, 9.17) is 9.47 Å². The quantitative estimate of drug-likeness (QED) is 0.0440. The molecule has 270 valence electrons. The van der Waals surface area contributed by atoms with Crippen molar-refractivity contribution < 1.29 is 24.2 Å². The summed E-state index contributed by atoms with van der Waals surface area (Å²) in [5, 5.41) is 9.45. The van der Waals surface area contributed by atoms with Crippen molar-refractivity contribution in [3.63, 3.8) is 0 Å². The molecular weight excluding hydrogens is 596 g/mol. The molecule has 1 atom stereocenters. The second-order valence-electron chi connectivity index (χ2n) is 11.9. The van der Waals surface area contributed by atoms with Crippen molar-refractivity contribution in [2.45, 2.75) is 148 Å². The van der Waals surface area contributed by atoms with Gasteiger partial charge in [0.1, 0.15) is 6.61 Å². The number of carbonyl (C=O) groups is 2. The topological polar surface area (TPSA) is 72.8 Å². The van der Waals surface area contributed by atoms with Crippen LogP contribution in [0, 0.1) is 0 Å². The second-order valence-corrected chi connectivity index (χ2v) is 11.9. The van der Waals surface area contributed by atoms with E-state index in [2.05, 4.69) is 111 Å². The Labute approximate surface area is 294 Å². The zero-order valence-corrected chi connectivity index (χ0v) is 30.5. The SMILES string of the molecule is CC/C=C\C/C=C\C/C=C\C/C=C\C/C=C\C/C=C\C/C=C\C/C=C\CCCCCCC(=O)OC(CO)COC(=O)CCCCCCC. The third kappa shape index (κ3) is 35.7. The lowest BCUT2D eigenvalue weighted by molar-refractivity contribution is -0.161. The monoisotopic (exact) mass is 665 g/mol. The third-order valence-electron chi connectivity index (χ3n) is 7.39. The molecule has 0 heterocycles. The van der Waals surface area contributed by atoms with E-state index in [1.165, 1.54) is 6.42 Å². The Morgan fingerprint density at radius 2 is 0.896 bits per heavy atom. The summed E-state index contributed by atoms with van der Waals surface area (Å²) >= 11 is 0. The first-order valence-corrected chi connectivity index (χ1v) is 18.8. The highest BCUT2D eigenvalue weighted by Gasteiger charge is 2.16. The Morgan fingerprint density at radius 3 is 1.33 bits per heavy atom. The Hall–Kier alpha value is -3.18. The molecule has 0 aromatic carbocycles. The van der Waals surface area contributed by atoms with E-state index in [1.54, 1.807) is 0 Å². The fourth-order valence-corrected chi connectivity index (χ4v) is 4.57. The van der Waals surface area contributed by atoms with E-state index >= 15 is 0 Å². The van der Waals surface area contributed by atoms with Gasteiger partial charge in [0.15, 0.2) is 6.10 Å². The maximum atomic E-state index is 12.1. The summed E-state index contributed by atoms with van der Waals surface area (Å²) in [6.45, 7) is 3.88. The second kappa shape index (κ2) is 38.3. The van der Waals surface area contributed by atoms with Crippen LogP contribution in [0.1, 0.15) is 142 Å². The minimum atomic E-state index is -0.786. The van der Waals surface area contributed by atoms with E-state index < -0.39 is 6.10 Å². The van der Waals surface area contributed by atoms with Crippen molar-refractivity contribution in [2.24, 2.45) is 0 Å². The molecular formula is C43H68O5. The summed E-state index contributed by atoms with van der Waals surface area (Å²) in [7, 11) is 0. The van der Waals surface area contributed by atoms with Crippen molar-refractivity contribution in [3.8, 4) is 0 Å². The van der Waals surface area contributed by atoms with Gasteiger partial charge in [-0.2, -0.15) is 0 Å². The highest BCUT2D eigenvalue weighted by Crippen LogP contribution is 2.09. The largest absolute Gasteiger partial charge is 0.462 e. The van der Waals surface area contributed by atoms with E-state index in [9.17, 15) is 14.7 Å². The summed E-state index contributed by atoms with van der Waals surface area (Å²) in [5.41, 5.74) is 0. The summed E-state index contributed by atoms with van der Waals surface area (Å²) < 4.78 is 10.4. The van der Waals surface area contributed by atoms with Gasteiger partial charge in [-0.15, -0.1) is 0 Å². The highest BCUT2D eigenvalue weighted by atomic mass is 16.6. The van der Waals surface area contributed by atoms with Crippen LogP contribution >= 0.6 is 0 Å². The molecule has 0 rings (SSSR count). The Kier molecular flexibility index (Phi) is 35.7. The number of carbonyl (C=O) groups excluding carboxylic acids is 2. The average Bonchev–Trinajstić information content (AvgIpc) is 3.09. The molecule has 0 aliphatic heterocycles. The molecule has 5 heteroatoms. The maximum absolute atomic E-state index is 12.1. The summed E-state index contributed by atoms with van der Waals surface area (Å²) in [5.74, 6) is -0.646. The van der Waals surface area contributed by atoms with Gasteiger partial charge < -0.3 is 14.6 Å². The Morgan fingerprint density at radius 1 is 0.500 bits per heavy atom. The molecule has 0 aromatic heterocycles. The van der Waals surface area contributed by atoms with E-state index in [0.717, 1.165) is 109 Å². The average molecular weight is 665 g/mol. The fourth-order valence-electron chi connectivity index (χ4n) is 4.57. The highest BCUT2D eigenvalue weighted by molar-refractivity contribution is 5.70. The van der Waals surface area contributed by atoms with Crippen LogP contribution in [0.5, 0.6) is 0 Å². The number of aliphatic hydroxyl groups excluding tert-OH is 1. The van der Waals surface area contributed by atoms with Crippen LogP contribution in [0.2, 0.25) is 0 Å². The van der Waals surface area contributed by atoms with Crippen molar-refractivity contribution in [2.75, 3.05) is 13.2 Å². The van der Waals surface area contributed by atoms with Gasteiger partial charge >= 0.3 is 11.9 Å². The zero-order chi connectivity index (χ0) is 35.0. The number of rotatable bonds is 32. The van der Waals surface area contributed by atoms with Crippen molar-refractivity contribution >= 4 is 11.9 Å². The van der Waals surface area contributed by atoms with Gasteiger partial charge in [-0.1, -0.05) is 150 Å². The number of aliphatic hydroxyl groups is 1. The molecule has 0 aromatic rings. The van der Waals surface area contributed by atoms with Gasteiger partial charge in [0.25, 0.3) is 0 Å².